The Labute approximate surface area is 162 Å². The Morgan fingerprint density at radius 1 is 1.15 bits per heavy atom. The quantitative estimate of drug-likeness (QED) is 0.741. The molecule has 0 unspecified atom stereocenters. The minimum atomic E-state index is -0.826. The number of halogens is 1. The molecule has 0 radical (unpaired) electrons. The van der Waals surface area contributed by atoms with Gasteiger partial charge in [-0.1, -0.05) is 23.7 Å². The van der Waals surface area contributed by atoms with Crippen LogP contribution in [0.3, 0.4) is 0 Å². The average molecular weight is 387 g/mol. The van der Waals surface area contributed by atoms with E-state index in [1.54, 1.807) is 55.6 Å². The fourth-order valence-corrected chi connectivity index (χ4v) is 3.22. The number of amides is 3. The highest BCUT2D eigenvalue weighted by atomic mass is 35.5. The molecule has 1 fully saturated rings. The fourth-order valence-electron chi connectivity index (χ4n) is 3.09. The number of benzene rings is 2. The van der Waals surface area contributed by atoms with Crippen LogP contribution in [0.15, 0.2) is 48.5 Å². The van der Waals surface area contributed by atoms with Crippen LogP contribution in [-0.4, -0.2) is 35.8 Å². The fraction of sp³-hybridized carbons (Fsp3) is 0.250. The van der Waals surface area contributed by atoms with Crippen LogP contribution in [0.4, 0.5) is 5.69 Å². The first-order valence-corrected chi connectivity index (χ1v) is 8.81. The summed E-state index contributed by atoms with van der Waals surface area (Å²) >= 11 is 5.89. The SMILES string of the molecule is COc1ccc(N2C(=O)C[C@@H](N(Cc3ccc(Cl)cc3)C(C)=O)C2=O)cc1. The van der Waals surface area contributed by atoms with Crippen LogP contribution in [0.5, 0.6) is 5.75 Å². The third-order valence-electron chi connectivity index (χ3n) is 4.50. The molecule has 1 atom stereocenters. The molecule has 0 aliphatic carbocycles. The summed E-state index contributed by atoms with van der Waals surface area (Å²) in [5, 5.41) is 0.589. The minimum Gasteiger partial charge on any atom is -0.497 e. The number of ether oxygens (including phenoxy) is 1. The average Bonchev–Trinajstić information content (AvgIpc) is 2.95. The Morgan fingerprint density at radius 3 is 2.33 bits per heavy atom. The maximum absolute atomic E-state index is 12.9. The summed E-state index contributed by atoms with van der Waals surface area (Å²) in [6, 6.07) is 12.9. The van der Waals surface area contributed by atoms with Gasteiger partial charge in [-0.05, 0) is 42.0 Å². The molecule has 0 bridgehead atoms. The number of carbonyl (C=O) groups excluding carboxylic acids is 3. The van der Waals surface area contributed by atoms with Crippen molar-refractivity contribution in [2.24, 2.45) is 0 Å². The van der Waals surface area contributed by atoms with Crippen molar-refractivity contribution in [2.45, 2.75) is 25.9 Å². The Kier molecular flexibility index (Phi) is 5.46. The number of anilines is 1. The second-order valence-corrected chi connectivity index (χ2v) is 6.70. The number of rotatable bonds is 5. The Balaban J connectivity index is 1.83. The number of methoxy groups -OCH3 is 1. The van der Waals surface area contributed by atoms with Gasteiger partial charge in [-0.2, -0.15) is 0 Å². The number of imide groups is 1. The Hall–Kier alpha value is -2.86. The van der Waals surface area contributed by atoms with E-state index in [-0.39, 0.29) is 24.8 Å². The predicted molar refractivity (Wildman–Crippen MR) is 102 cm³/mol. The zero-order valence-corrected chi connectivity index (χ0v) is 15.8. The van der Waals surface area contributed by atoms with E-state index in [2.05, 4.69) is 0 Å². The van der Waals surface area contributed by atoms with Crippen molar-refractivity contribution < 1.29 is 19.1 Å². The topological polar surface area (TPSA) is 66.9 Å². The lowest BCUT2D eigenvalue weighted by Crippen LogP contribution is -2.44. The van der Waals surface area contributed by atoms with E-state index < -0.39 is 11.9 Å². The molecule has 0 N–H and O–H groups in total. The summed E-state index contributed by atoms with van der Waals surface area (Å²) in [4.78, 5) is 40.1. The first kappa shape index (κ1) is 18.9. The van der Waals surface area contributed by atoms with Gasteiger partial charge in [0.15, 0.2) is 0 Å². The summed E-state index contributed by atoms with van der Waals surface area (Å²) in [6.45, 7) is 1.62. The molecular formula is C20H19ClN2O4. The van der Waals surface area contributed by atoms with Crippen LogP contribution in [0, 0.1) is 0 Å². The largest absolute Gasteiger partial charge is 0.497 e. The highest BCUT2D eigenvalue weighted by molar-refractivity contribution is 6.30. The van der Waals surface area contributed by atoms with Crippen LogP contribution in [-0.2, 0) is 20.9 Å². The smallest absolute Gasteiger partial charge is 0.257 e. The molecule has 6 nitrogen and oxygen atoms in total. The van der Waals surface area contributed by atoms with E-state index in [1.807, 2.05) is 0 Å². The van der Waals surface area contributed by atoms with Crippen molar-refractivity contribution >= 4 is 35.0 Å². The molecule has 3 amide bonds. The number of carbonyl (C=O) groups is 3. The minimum absolute atomic E-state index is 0.0436. The molecule has 1 aliphatic rings. The third-order valence-corrected chi connectivity index (χ3v) is 4.75. The van der Waals surface area contributed by atoms with Gasteiger partial charge in [0.2, 0.25) is 11.8 Å². The van der Waals surface area contributed by atoms with Gasteiger partial charge in [-0.25, -0.2) is 4.90 Å². The Morgan fingerprint density at radius 2 is 1.78 bits per heavy atom. The first-order chi connectivity index (χ1) is 12.9. The second-order valence-electron chi connectivity index (χ2n) is 6.26. The first-order valence-electron chi connectivity index (χ1n) is 8.43. The maximum atomic E-state index is 12.9. The van der Waals surface area contributed by atoms with E-state index in [9.17, 15) is 14.4 Å². The van der Waals surface area contributed by atoms with Gasteiger partial charge in [0.05, 0.1) is 19.2 Å². The molecule has 0 aromatic heterocycles. The van der Waals surface area contributed by atoms with E-state index in [4.69, 9.17) is 16.3 Å². The second kappa shape index (κ2) is 7.80. The van der Waals surface area contributed by atoms with Crippen LogP contribution in [0.2, 0.25) is 5.02 Å². The molecule has 3 rings (SSSR count). The van der Waals surface area contributed by atoms with Crippen molar-refractivity contribution in [2.75, 3.05) is 12.0 Å². The van der Waals surface area contributed by atoms with Gasteiger partial charge in [0.1, 0.15) is 11.8 Å². The zero-order valence-electron chi connectivity index (χ0n) is 15.0. The molecule has 2 aromatic carbocycles. The van der Waals surface area contributed by atoms with Gasteiger partial charge in [0, 0.05) is 18.5 Å². The molecule has 1 heterocycles. The molecule has 2 aromatic rings. The molecular weight excluding hydrogens is 368 g/mol. The van der Waals surface area contributed by atoms with Gasteiger partial charge < -0.3 is 9.64 Å². The third kappa shape index (κ3) is 3.95. The number of hydrogen-bond donors (Lipinski definition) is 0. The van der Waals surface area contributed by atoms with Crippen molar-refractivity contribution in [3.8, 4) is 5.75 Å². The molecule has 27 heavy (non-hydrogen) atoms. The van der Waals surface area contributed by atoms with E-state index >= 15 is 0 Å². The number of nitrogens with zero attached hydrogens (tertiary/aromatic N) is 2. The lowest BCUT2D eigenvalue weighted by Gasteiger charge is -2.26. The monoisotopic (exact) mass is 386 g/mol. The molecule has 140 valence electrons. The maximum Gasteiger partial charge on any atom is 0.257 e. The van der Waals surface area contributed by atoms with E-state index in [1.165, 1.54) is 11.8 Å². The summed E-state index contributed by atoms with van der Waals surface area (Å²) < 4.78 is 5.10. The van der Waals surface area contributed by atoms with E-state index in [0.29, 0.717) is 16.5 Å². The molecule has 0 spiro atoms. The van der Waals surface area contributed by atoms with Crippen molar-refractivity contribution in [1.82, 2.24) is 4.90 Å². The number of hydrogen-bond acceptors (Lipinski definition) is 4. The van der Waals surface area contributed by atoms with Gasteiger partial charge in [-0.3, -0.25) is 14.4 Å². The predicted octanol–water partition coefficient (Wildman–Crippen LogP) is 3.03. The van der Waals surface area contributed by atoms with Crippen molar-refractivity contribution in [1.29, 1.82) is 0 Å². The zero-order chi connectivity index (χ0) is 19.6. The highest BCUT2D eigenvalue weighted by Gasteiger charge is 2.43. The lowest BCUT2D eigenvalue weighted by atomic mass is 10.1. The molecule has 0 saturated carbocycles. The summed E-state index contributed by atoms with van der Waals surface area (Å²) in [5.41, 5.74) is 1.29. The van der Waals surface area contributed by atoms with Crippen LogP contribution in [0.25, 0.3) is 0 Å². The molecule has 1 aliphatic heterocycles. The van der Waals surface area contributed by atoms with Crippen molar-refractivity contribution in [3.05, 3.63) is 59.1 Å². The van der Waals surface area contributed by atoms with Gasteiger partial charge in [0.25, 0.3) is 5.91 Å². The summed E-state index contributed by atoms with van der Waals surface area (Å²) in [7, 11) is 1.54. The van der Waals surface area contributed by atoms with Crippen molar-refractivity contribution in [3.63, 3.8) is 0 Å². The van der Waals surface area contributed by atoms with Gasteiger partial charge in [-0.15, -0.1) is 0 Å². The lowest BCUT2D eigenvalue weighted by molar-refractivity contribution is -0.137. The summed E-state index contributed by atoms with van der Waals surface area (Å²) in [5.74, 6) is -0.387. The molecule has 7 heteroatoms. The highest BCUT2D eigenvalue weighted by Crippen LogP contribution is 2.28. The molecule has 1 saturated heterocycles. The van der Waals surface area contributed by atoms with Crippen LogP contribution >= 0.6 is 11.6 Å². The standard InChI is InChI=1S/C20H19ClN2O4/c1-13(24)22(12-14-3-5-15(21)6-4-14)18-11-19(25)23(20(18)26)16-7-9-17(27-2)10-8-16/h3-10,18H,11-12H2,1-2H3/t18-/m1/s1. The van der Waals surface area contributed by atoms with E-state index in [0.717, 1.165) is 10.5 Å². The van der Waals surface area contributed by atoms with Crippen LogP contribution < -0.4 is 9.64 Å². The Bertz CT molecular complexity index is 865. The summed E-state index contributed by atoms with van der Waals surface area (Å²) in [6.07, 6.45) is -0.0436. The normalized spacial score (nSPS) is 16.6. The van der Waals surface area contributed by atoms with Crippen LogP contribution in [0.1, 0.15) is 18.9 Å². The van der Waals surface area contributed by atoms with Gasteiger partial charge >= 0.3 is 0 Å².